The van der Waals surface area contributed by atoms with Gasteiger partial charge in [0.05, 0.1) is 11.5 Å². The first kappa shape index (κ1) is 25.4. The van der Waals surface area contributed by atoms with E-state index >= 15 is 0 Å². The van der Waals surface area contributed by atoms with Crippen LogP contribution in [0, 0.1) is 50.2 Å². The number of hydrogen-bond donors (Lipinski definition) is 3. The first-order chi connectivity index (χ1) is 16.1. The van der Waals surface area contributed by atoms with E-state index in [0.717, 1.165) is 57.8 Å². The molecule has 0 heterocycles. The highest BCUT2D eigenvalue weighted by molar-refractivity contribution is 5.96. The Morgan fingerprint density at radius 2 is 1.60 bits per heavy atom. The van der Waals surface area contributed by atoms with Crippen LogP contribution in [0.25, 0.3) is 0 Å². The zero-order chi connectivity index (χ0) is 25.8. The molecule has 196 valence electrons. The van der Waals surface area contributed by atoms with Crippen molar-refractivity contribution in [2.24, 2.45) is 50.2 Å². The fraction of sp³-hybridized carbons (Fsp3) is 0.867. The minimum atomic E-state index is -0.628. The molecular weight excluding hydrogens is 438 g/mol. The first-order valence-electron chi connectivity index (χ1n) is 14.0. The molecule has 0 aromatic heterocycles. The van der Waals surface area contributed by atoms with Crippen molar-refractivity contribution in [3.8, 4) is 0 Å². The van der Waals surface area contributed by atoms with Crippen LogP contribution in [0.1, 0.15) is 106 Å². The van der Waals surface area contributed by atoms with E-state index in [1.807, 2.05) is 11.6 Å². The minimum absolute atomic E-state index is 0.0194. The van der Waals surface area contributed by atoms with Crippen molar-refractivity contribution in [2.75, 3.05) is 0 Å². The second-order valence-corrected chi connectivity index (χ2v) is 15.2. The van der Waals surface area contributed by atoms with Crippen LogP contribution in [0.3, 0.4) is 0 Å². The van der Waals surface area contributed by atoms with Gasteiger partial charge in [-0.15, -0.1) is 0 Å². The number of rotatable bonds is 1. The van der Waals surface area contributed by atoms with Gasteiger partial charge in [-0.25, -0.2) is 5.48 Å². The summed E-state index contributed by atoms with van der Waals surface area (Å²) >= 11 is 0. The average molecular weight is 486 g/mol. The van der Waals surface area contributed by atoms with Gasteiger partial charge in [-0.2, -0.15) is 0 Å². The molecule has 5 nitrogen and oxygen atoms in total. The topological polar surface area (TPSA) is 86.6 Å². The molecule has 8 atom stereocenters. The minimum Gasteiger partial charge on any atom is -0.393 e. The number of fused-ring (bicyclic) bond motifs is 7. The van der Waals surface area contributed by atoms with E-state index in [-0.39, 0.29) is 56.7 Å². The molecule has 0 radical (unpaired) electrons. The lowest BCUT2D eigenvalue weighted by atomic mass is 9.33. The van der Waals surface area contributed by atoms with Crippen molar-refractivity contribution < 1.29 is 19.9 Å². The van der Waals surface area contributed by atoms with Gasteiger partial charge in [0.2, 0.25) is 5.91 Å². The van der Waals surface area contributed by atoms with Gasteiger partial charge in [-0.3, -0.25) is 14.8 Å². The van der Waals surface area contributed by atoms with Crippen molar-refractivity contribution in [3.63, 3.8) is 0 Å². The lowest BCUT2D eigenvalue weighted by Crippen LogP contribution is -2.67. The number of amides is 1. The van der Waals surface area contributed by atoms with Gasteiger partial charge in [-0.05, 0) is 103 Å². The summed E-state index contributed by atoms with van der Waals surface area (Å²) in [6.07, 6.45) is 9.51. The van der Waals surface area contributed by atoms with Crippen LogP contribution in [-0.2, 0) is 9.59 Å². The summed E-state index contributed by atoms with van der Waals surface area (Å²) in [7, 11) is 0. The Bertz CT molecular complexity index is 983. The molecule has 5 aliphatic rings. The Labute approximate surface area is 211 Å². The number of nitrogens with one attached hydrogen (secondary N) is 1. The summed E-state index contributed by atoms with van der Waals surface area (Å²) in [4.78, 5) is 27.5. The SMILES string of the molecule is CC1(C)CC[C@]2(C(=O)NO)CC[C@]3(C)C(=CC(=O)[C@@H]4[C@@]5(C)CC[C@H](O)C(C)(C)[C@@H]5CC[C@]43C)[C@@H]2C1. The molecule has 1 amide bonds. The zero-order valence-corrected chi connectivity index (χ0v) is 23.0. The van der Waals surface area contributed by atoms with Crippen molar-refractivity contribution in [2.45, 2.75) is 112 Å². The second kappa shape index (κ2) is 7.43. The molecule has 3 N–H and O–H groups in total. The number of allylic oxidation sites excluding steroid dienone is 2. The van der Waals surface area contributed by atoms with Crippen LogP contribution in [0.4, 0.5) is 0 Å². The standard InChI is InChI=1S/C30H47NO4/c1-25(2)12-14-30(24(34)31-35)15-13-28(6)18(19(30)17-25)16-20(32)23-27(5)10-9-22(33)26(3,4)21(27)8-11-29(23,28)7/h16,19,21-23,33,35H,8-15,17H2,1-7H3,(H,31,34)/t19-,21-,22-,23+,27-,28+,29+,30-/m0/s1. The molecular formula is C30H47NO4. The quantitative estimate of drug-likeness (QED) is 0.322. The lowest BCUT2D eigenvalue weighted by Gasteiger charge is -2.70. The molecule has 0 saturated heterocycles. The fourth-order valence-electron chi connectivity index (χ4n) is 10.6. The summed E-state index contributed by atoms with van der Waals surface area (Å²) in [5, 5.41) is 20.6. The summed E-state index contributed by atoms with van der Waals surface area (Å²) in [5.41, 5.74) is 1.99. The van der Waals surface area contributed by atoms with Crippen LogP contribution in [0.15, 0.2) is 11.6 Å². The van der Waals surface area contributed by atoms with E-state index in [2.05, 4.69) is 48.5 Å². The highest BCUT2D eigenvalue weighted by Crippen LogP contribution is 2.75. The van der Waals surface area contributed by atoms with Gasteiger partial charge in [0.25, 0.3) is 0 Å². The summed E-state index contributed by atoms with van der Waals surface area (Å²) in [6.45, 7) is 16.0. The number of hydroxylamine groups is 1. The van der Waals surface area contributed by atoms with Crippen LogP contribution in [-0.4, -0.2) is 28.1 Å². The van der Waals surface area contributed by atoms with E-state index in [0.29, 0.717) is 5.92 Å². The summed E-state index contributed by atoms with van der Waals surface area (Å²) in [6, 6.07) is 0. The van der Waals surface area contributed by atoms with Crippen molar-refractivity contribution >= 4 is 11.7 Å². The van der Waals surface area contributed by atoms with E-state index in [9.17, 15) is 19.9 Å². The molecule has 0 aromatic carbocycles. The first-order valence-corrected chi connectivity index (χ1v) is 14.0. The maximum absolute atomic E-state index is 14.3. The van der Waals surface area contributed by atoms with Gasteiger partial charge in [0.15, 0.2) is 5.78 Å². The Balaban J connectivity index is 1.65. The van der Waals surface area contributed by atoms with E-state index in [1.54, 1.807) is 0 Å². The zero-order valence-electron chi connectivity index (χ0n) is 23.0. The molecule has 5 rings (SSSR count). The number of aliphatic hydroxyl groups is 1. The molecule has 0 spiro atoms. The smallest absolute Gasteiger partial charge is 0.250 e. The largest absolute Gasteiger partial charge is 0.393 e. The third-order valence-electron chi connectivity index (χ3n) is 12.9. The third kappa shape index (κ3) is 3.06. The number of carbonyl (C=O) groups excluding carboxylic acids is 2. The van der Waals surface area contributed by atoms with Gasteiger partial charge in [0, 0.05) is 5.92 Å². The van der Waals surface area contributed by atoms with Crippen molar-refractivity contribution in [1.29, 1.82) is 0 Å². The molecule has 5 heteroatoms. The highest BCUT2D eigenvalue weighted by Gasteiger charge is 2.71. The lowest BCUT2D eigenvalue weighted by molar-refractivity contribution is -0.203. The Kier molecular flexibility index (Phi) is 5.40. The molecule has 4 saturated carbocycles. The van der Waals surface area contributed by atoms with E-state index < -0.39 is 5.41 Å². The number of hydrogen-bond acceptors (Lipinski definition) is 4. The third-order valence-corrected chi connectivity index (χ3v) is 12.9. The number of aliphatic hydroxyl groups excluding tert-OH is 1. The van der Waals surface area contributed by atoms with Gasteiger partial charge >= 0.3 is 0 Å². The number of carbonyl (C=O) groups is 2. The van der Waals surface area contributed by atoms with Crippen molar-refractivity contribution in [3.05, 3.63) is 11.6 Å². The highest BCUT2D eigenvalue weighted by atomic mass is 16.5. The number of ketones is 1. The van der Waals surface area contributed by atoms with Gasteiger partial charge in [0.1, 0.15) is 0 Å². The van der Waals surface area contributed by atoms with E-state index in [4.69, 9.17) is 0 Å². The molecule has 35 heavy (non-hydrogen) atoms. The van der Waals surface area contributed by atoms with Crippen LogP contribution in [0.5, 0.6) is 0 Å². The predicted octanol–water partition coefficient (Wildman–Crippen LogP) is 5.83. The average Bonchev–Trinajstić information content (AvgIpc) is 2.77. The van der Waals surface area contributed by atoms with Gasteiger partial charge in [-0.1, -0.05) is 54.0 Å². The fourth-order valence-corrected chi connectivity index (χ4v) is 10.6. The molecule has 0 aromatic rings. The molecule has 0 aliphatic heterocycles. The van der Waals surface area contributed by atoms with Crippen molar-refractivity contribution in [1.82, 2.24) is 5.48 Å². The van der Waals surface area contributed by atoms with Crippen LogP contribution >= 0.6 is 0 Å². The summed E-state index contributed by atoms with van der Waals surface area (Å²) in [5.74, 6) is 0.206. The molecule has 0 bridgehead atoms. The normalized spacial score (nSPS) is 50.1. The van der Waals surface area contributed by atoms with Crippen LogP contribution < -0.4 is 5.48 Å². The Morgan fingerprint density at radius 1 is 0.943 bits per heavy atom. The van der Waals surface area contributed by atoms with Gasteiger partial charge < -0.3 is 5.11 Å². The maximum atomic E-state index is 14.3. The van der Waals surface area contributed by atoms with E-state index in [1.165, 1.54) is 5.57 Å². The second-order valence-electron chi connectivity index (χ2n) is 15.2. The maximum Gasteiger partial charge on any atom is 0.250 e. The Hall–Kier alpha value is -1.20. The summed E-state index contributed by atoms with van der Waals surface area (Å²) < 4.78 is 0. The Morgan fingerprint density at radius 3 is 2.26 bits per heavy atom. The predicted molar refractivity (Wildman–Crippen MR) is 135 cm³/mol. The molecule has 0 unspecified atom stereocenters. The molecule has 5 aliphatic carbocycles. The van der Waals surface area contributed by atoms with Crippen LogP contribution in [0.2, 0.25) is 0 Å². The monoisotopic (exact) mass is 485 g/mol. The molecule has 4 fully saturated rings.